The Balaban J connectivity index is 0.0000000934. The van der Waals surface area contributed by atoms with Crippen LogP contribution in [0.1, 0.15) is 34.9 Å². The van der Waals surface area contributed by atoms with Gasteiger partial charge in [-0.05, 0) is 197 Å². The van der Waals surface area contributed by atoms with Crippen LogP contribution in [0.15, 0.2) is 343 Å². The van der Waals surface area contributed by atoms with E-state index in [-0.39, 0.29) is 6.17 Å². The van der Waals surface area contributed by atoms with E-state index in [1.54, 1.807) is 17.6 Å². The Bertz CT molecular complexity index is 7530. The zero-order chi connectivity index (χ0) is 82.2. The monoisotopic (exact) mass is 1600 g/mol. The van der Waals surface area contributed by atoms with E-state index in [9.17, 15) is 0 Å². The molecule has 121 heavy (non-hydrogen) atoms. The second-order valence-corrected chi connectivity index (χ2v) is 32.9. The van der Waals surface area contributed by atoms with Gasteiger partial charge in [0.2, 0.25) is 11.8 Å². The summed E-state index contributed by atoms with van der Waals surface area (Å²) >= 11 is 1.75. The summed E-state index contributed by atoms with van der Waals surface area (Å²) in [5, 5.41) is 27.2. The minimum atomic E-state index is 0.275. The van der Waals surface area contributed by atoms with E-state index in [1.165, 1.54) is 114 Å². The minimum Gasteiger partial charge on any atom is -0.455 e. The summed E-state index contributed by atoms with van der Waals surface area (Å²) in [5.74, 6) is 1.86. The van der Waals surface area contributed by atoms with E-state index in [0.717, 1.165) is 117 Å². The lowest BCUT2D eigenvalue weighted by molar-refractivity contribution is -0.744. The number of anilines is 1. The molecule has 588 valence electrons. The van der Waals surface area contributed by atoms with Gasteiger partial charge in [0, 0.05) is 79.4 Å². The van der Waals surface area contributed by atoms with Crippen LogP contribution in [0.25, 0.3) is 197 Å². The van der Waals surface area contributed by atoms with Gasteiger partial charge in [0.25, 0.3) is 5.01 Å². The third kappa shape index (κ3) is 12.6. The molecule has 14 aromatic carbocycles. The Morgan fingerprint density at radius 1 is 0.339 bits per heavy atom. The number of furan rings is 5. The van der Waals surface area contributed by atoms with Crippen LogP contribution in [0, 0.1) is 34.6 Å². The standard InChI is InChI=1S/C22H20N2O.2C21H17N2O.C21H16NO2.C21H16NOS/c1-14-8-9-18-19-12-16-6-4-5-7-17(16)13-20(19)25-22(18)21(14)24-11-10-23(3)15(24)2;1-14-6-5-10-23(14)21-20-17(9-11-22(21)2)18-12-15-7-3-4-8-16(15)13-19(18)24-20;1-14-8-9-17-18-12-15-6-3-4-7-16(15)13-19(18)24-21(17)20(14)23-11-5-10-22(23)2;1-13-7-8-16-17-11-14-5-3-4-6-15(14)12-18(17)24-20(16)19(13)21-22(2)9-10-23-21;1-13-7-8-16-17-11-14-5-3-4-6-15(14)12-18(17)23-20(16)19(13)21-22(2)9-10-24-21/h4-13,15H,1-3H3;2*3-13H,1-2H3;2*3-12H,1-2H3/q;4*+1/t15-;;;;/m0..../s1. The molecule has 0 spiro atoms. The molecule has 1 aliphatic heterocycles. The maximum atomic E-state index is 6.37. The predicted molar refractivity (Wildman–Crippen MR) is 493 cm³/mol. The first-order chi connectivity index (χ1) is 59.0. The highest BCUT2D eigenvalue weighted by Gasteiger charge is 2.30. The zero-order valence-electron chi connectivity index (χ0n) is 69.0. The second-order valence-electron chi connectivity index (χ2n) is 32.0. The number of nitrogens with zero attached hydrogens (tertiary/aromatic N) is 8. The molecule has 24 aromatic rings. The summed E-state index contributed by atoms with van der Waals surface area (Å²) in [6.07, 6.45) is 18.5. The van der Waals surface area contributed by atoms with Crippen molar-refractivity contribution in [2.75, 3.05) is 11.9 Å². The van der Waals surface area contributed by atoms with Crippen molar-refractivity contribution in [2.24, 2.45) is 28.2 Å². The van der Waals surface area contributed by atoms with Crippen LogP contribution in [-0.4, -0.2) is 27.4 Å². The quantitative estimate of drug-likeness (QED) is 0.157. The van der Waals surface area contributed by atoms with E-state index in [4.69, 9.17) is 26.5 Å². The van der Waals surface area contributed by atoms with Gasteiger partial charge in [-0.3, -0.25) is 0 Å². The maximum Gasteiger partial charge on any atom is 0.384 e. The Hall–Kier alpha value is -14.8. The van der Waals surface area contributed by atoms with Crippen LogP contribution in [-0.2, 0) is 28.2 Å². The molecule has 0 unspecified atom stereocenters. The number of aryl methyl sites for hydroxylation is 9. The summed E-state index contributed by atoms with van der Waals surface area (Å²) in [6, 6.07) is 89.6. The zero-order valence-corrected chi connectivity index (χ0v) is 69.9. The van der Waals surface area contributed by atoms with Gasteiger partial charge in [-0.25, -0.2) is 9.13 Å². The lowest BCUT2D eigenvalue weighted by Gasteiger charge is -2.28. The van der Waals surface area contributed by atoms with E-state index >= 15 is 0 Å². The molecule has 0 saturated carbocycles. The molecule has 25 rings (SSSR count). The maximum absolute atomic E-state index is 6.37. The van der Waals surface area contributed by atoms with Gasteiger partial charge in [-0.15, -0.1) is 9.36 Å². The number of oxazole rings is 1. The smallest absolute Gasteiger partial charge is 0.384 e. The lowest BCUT2D eigenvalue weighted by atomic mass is 10.0. The third-order valence-electron chi connectivity index (χ3n) is 24.4. The summed E-state index contributed by atoms with van der Waals surface area (Å²) in [4.78, 5) is 4.50. The van der Waals surface area contributed by atoms with E-state index in [2.05, 4.69) is 387 Å². The molecule has 0 fully saturated rings. The highest BCUT2D eigenvalue weighted by atomic mass is 32.1. The van der Waals surface area contributed by atoms with Crippen LogP contribution in [0.2, 0.25) is 0 Å². The molecule has 0 amide bonds. The van der Waals surface area contributed by atoms with Gasteiger partial charge in [0.15, 0.2) is 53.7 Å². The van der Waals surface area contributed by atoms with Gasteiger partial charge >= 0.3 is 11.7 Å². The highest BCUT2D eigenvalue weighted by molar-refractivity contribution is 7.12. The van der Waals surface area contributed by atoms with E-state index in [0.29, 0.717) is 0 Å². The number of aromatic nitrogens is 6. The molecule has 1 aliphatic rings. The van der Waals surface area contributed by atoms with Gasteiger partial charge in [-0.1, -0.05) is 181 Å². The molecule has 0 saturated heterocycles. The van der Waals surface area contributed by atoms with Crippen molar-refractivity contribution in [1.82, 2.24) is 14.1 Å². The fourth-order valence-corrected chi connectivity index (χ4v) is 18.8. The van der Waals surface area contributed by atoms with Crippen LogP contribution >= 0.6 is 11.3 Å². The molecule has 10 aromatic heterocycles. The molecule has 0 aliphatic carbocycles. The first-order valence-electron chi connectivity index (χ1n) is 40.9. The Labute approximate surface area is 700 Å². The third-order valence-corrected chi connectivity index (χ3v) is 25.4. The number of rotatable bonds is 5. The number of pyridine rings is 1. The van der Waals surface area contributed by atoms with Gasteiger partial charge in [0.1, 0.15) is 65.0 Å². The second kappa shape index (κ2) is 29.4. The van der Waals surface area contributed by atoms with Crippen LogP contribution < -0.4 is 23.3 Å². The van der Waals surface area contributed by atoms with Crippen molar-refractivity contribution in [1.29, 1.82) is 0 Å². The molecule has 0 bridgehead atoms. The van der Waals surface area contributed by atoms with Crippen molar-refractivity contribution < 1.29 is 44.9 Å². The SMILES string of the molecule is Cc1ccc2c(oc3cc4ccccc4cc32)c1-c1occ[n+]1C.Cc1ccc2c(oc3cc4ccccc4cc32)c1-c1scc[n+]1C.Cc1ccc2c(oc3cc4ccccc4cc32)c1-n1ccc[n+]1C.Cc1ccc2c(oc3cc4ccccc4cc32)c1N1C=CN(C)[C@@H]1C.Cc1cccn1-c1c2oc3cc4ccccc4cc3c2cc[n+]1C. The molecule has 1 atom stereocenters. The fourth-order valence-electron chi connectivity index (χ4n) is 17.8. The van der Waals surface area contributed by atoms with Crippen LogP contribution in [0.5, 0.6) is 0 Å². The topological polar surface area (TPSA) is 111 Å². The Morgan fingerprint density at radius 2 is 0.744 bits per heavy atom. The molecular weight excluding hydrogens is 1510 g/mol. The summed E-state index contributed by atoms with van der Waals surface area (Å²) in [5.41, 5.74) is 19.8. The summed E-state index contributed by atoms with van der Waals surface area (Å²) in [7, 11) is 10.3. The number of hydrogen-bond acceptors (Lipinski definition) is 9. The largest absolute Gasteiger partial charge is 0.455 e. The lowest BCUT2D eigenvalue weighted by Crippen LogP contribution is -2.37. The average Bonchev–Trinajstić information content (AvgIpc) is 1.60. The first-order valence-corrected chi connectivity index (χ1v) is 41.8. The van der Waals surface area contributed by atoms with Gasteiger partial charge < -0.3 is 36.3 Å². The van der Waals surface area contributed by atoms with Crippen molar-refractivity contribution >= 4 is 181 Å². The number of benzene rings is 14. The predicted octanol–water partition coefficient (Wildman–Crippen LogP) is 25.7. The van der Waals surface area contributed by atoms with Crippen molar-refractivity contribution in [2.45, 2.75) is 47.7 Å². The number of thiazole rings is 1. The van der Waals surface area contributed by atoms with Gasteiger partial charge in [-0.2, -0.15) is 9.13 Å². The summed E-state index contributed by atoms with van der Waals surface area (Å²) < 4.78 is 49.9. The van der Waals surface area contributed by atoms with Crippen molar-refractivity contribution in [3.05, 3.63) is 344 Å². The molecule has 0 radical (unpaired) electrons. The van der Waals surface area contributed by atoms with Crippen LogP contribution in [0.4, 0.5) is 5.69 Å². The molecule has 14 nitrogen and oxygen atoms in total. The Morgan fingerprint density at radius 3 is 1.15 bits per heavy atom. The fraction of sp³-hybridized carbons (Fsp3) is 0.113. The molecule has 11 heterocycles. The van der Waals surface area contributed by atoms with Crippen molar-refractivity contribution in [3.63, 3.8) is 0 Å². The van der Waals surface area contributed by atoms with Crippen LogP contribution in [0.3, 0.4) is 0 Å². The van der Waals surface area contributed by atoms with E-state index in [1.807, 2.05) is 37.1 Å². The molecular formula is C106H86N8O6S+4. The highest BCUT2D eigenvalue weighted by Crippen LogP contribution is 2.45. The van der Waals surface area contributed by atoms with E-state index < -0.39 is 0 Å². The number of hydrogen-bond donors (Lipinski definition) is 0. The average molecular weight is 1600 g/mol. The summed E-state index contributed by atoms with van der Waals surface area (Å²) in [6.45, 7) is 12.8. The number of fused-ring (bicyclic) bond motifs is 20. The normalized spacial score (nSPS) is 12.9. The molecule has 15 heteroatoms. The van der Waals surface area contributed by atoms with Gasteiger partial charge in [0.05, 0.1) is 36.7 Å². The van der Waals surface area contributed by atoms with Crippen molar-refractivity contribution in [3.8, 4) is 33.5 Å². The molecule has 0 N–H and O–H groups in total. The Kier molecular flexibility index (Phi) is 17.9. The first kappa shape index (κ1) is 73.8. The minimum absolute atomic E-state index is 0.275.